The van der Waals surface area contributed by atoms with Crippen molar-refractivity contribution < 1.29 is 9.53 Å². The minimum atomic E-state index is -0.319. The number of benzene rings is 2. The molecule has 3 nitrogen and oxygen atoms in total. The maximum absolute atomic E-state index is 11.5. The SMILES string of the molecule is COC(=O)c1cccc(CSc2ccc(Br)cc2N)c1. The largest absolute Gasteiger partial charge is 0.465 e. The van der Waals surface area contributed by atoms with Crippen molar-refractivity contribution in [3.8, 4) is 0 Å². The molecular formula is C15H14BrNO2S. The molecule has 5 heteroatoms. The van der Waals surface area contributed by atoms with Crippen molar-refractivity contribution in [3.63, 3.8) is 0 Å². The molecule has 0 fully saturated rings. The minimum absolute atomic E-state index is 0.319. The summed E-state index contributed by atoms with van der Waals surface area (Å²) in [5, 5.41) is 0. The first-order chi connectivity index (χ1) is 9.60. The first-order valence-corrected chi connectivity index (χ1v) is 7.73. The van der Waals surface area contributed by atoms with Crippen molar-refractivity contribution in [2.75, 3.05) is 12.8 Å². The van der Waals surface area contributed by atoms with E-state index in [1.165, 1.54) is 7.11 Å². The zero-order chi connectivity index (χ0) is 14.5. The van der Waals surface area contributed by atoms with E-state index in [2.05, 4.69) is 15.9 Å². The van der Waals surface area contributed by atoms with E-state index in [1.807, 2.05) is 36.4 Å². The van der Waals surface area contributed by atoms with E-state index >= 15 is 0 Å². The van der Waals surface area contributed by atoms with Crippen LogP contribution in [0.15, 0.2) is 51.8 Å². The van der Waals surface area contributed by atoms with Gasteiger partial charge in [0, 0.05) is 20.8 Å². The standard InChI is InChI=1S/C15H14BrNO2S/c1-19-15(18)11-4-2-3-10(7-11)9-20-14-6-5-12(16)8-13(14)17/h2-8H,9,17H2,1H3. The van der Waals surface area contributed by atoms with E-state index in [0.717, 1.165) is 26.4 Å². The Morgan fingerprint density at radius 2 is 2.10 bits per heavy atom. The average molecular weight is 352 g/mol. The van der Waals surface area contributed by atoms with E-state index in [0.29, 0.717) is 5.56 Å². The number of carbonyl (C=O) groups is 1. The monoisotopic (exact) mass is 351 g/mol. The number of carbonyl (C=O) groups excluding carboxylic acids is 1. The summed E-state index contributed by atoms with van der Waals surface area (Å²) in [6.07, 6.45) is 0. The molecule has 2 N–H and O–H groups in total. The number of anilines is 1. The van der Waals surface area contributed by atoms with Crippen LogP contribution in [0.25, 0.3) is 0 Å². The van der Waals surface area contributed by atoms with Crippen molar-refractivity contribution in [2.24, 2.45) is 0 Å². The molecule has 0 saturated heterocycles. The van der Waals surface area contributed by atoms with Crippen molar-refractivity contribution >= 4 is 39.3 Å². The second-order valence-corrected chi connectivity index (χ2v) is 6.10. The van der Waals surface area contributed by atoms with Gasteiger partial charge in [-0.05, 0) is 35.9 Å². The first-order valence-electron chi connectivity index (χ1n) is 5.95. The van der Waals surface area contributed by atoms with Gasteiger partial charge in [-0.3, -0.25) is 0 Å². The van der Waals surface area contributed by atoms with Gasteiger partial charge >= 0.3 is 5.97 Å². The highest BCUT2D eigenvalue weighted by Gasteiger charge is 2.06. The minimum Gasteiger partial charge on any atom is -0.465 e. The van der Waals surface area contributed by atoms with Crippen molar-refractivity contribution in [2.45, 2.75) is 10.6 Å². The number of ether oxygens (including phenoxy) is 1. The normalized spacial score (nSPS) is 10.3. The second-order valence-electron chi connectivity index (χ2n) is 4.16. The van der Waals surface area contributed by atoms with Gasteiger partial charge in [-0.2, -0.15) is 0 Å². The average Bonchev–Trinajstić information content (AvgIpc) is 2.46. The highest BCUT2D eigenvalue weighted by atomic mass is 79.9. The first kappa shape index (κ1) is 14.9. The molecule has 2 rings (SSSR count). The highest BCUT2D eigenvalue weighted by Crippen LogP contribution is 2.30. The van der Waals surface area contributed by atoms with Crippen LogP contribution in [0.1, 0.15) is 15.9 Å². The van der Waals surface area contributed by atoms with Crippen LogP contribution in [-0.4, -0.2) is 13.1 Å². The molecular weight excluding hydrogens is 338 g/mol. The number of halogens is 1. The lowest BCUT2D eigenvalue weighted by atomic mass is 10.1. The molecule has 0 radical (unpaired) electrons. The lowest BCUT2D eigenvalue weighted by Crippen LogP contribution is -2.01. The summed E-state index contributed by atoms with van der Waals surface area (Å²) in [6.45, 7) is 0. The fraction of sp³-hybridized carbons (Fsp3) is 0.133. The fourth-order valence-corrected chi connectivity index (χ4v) is 2.99. The van der Waals surface area contributed by atoms with Crippen LogP contribution in [0, 0.1) is 0 Å². The van der Waals surface area contributed by atoms with E-state index < -0.39 is 0 Å². The number of methoxy groups -OCH3 is 1. The molecule has 0 aliphatic carbocycles. The Balaban J connectivity index is 2.09. The lowest BCUT2D eigenvalue weighted by molar-refractivity contribution is 0.0600. The molecule has 2 aromatic rings. The van der Waals surface area contributed by atoms with Crippen molar-refractivity contribution in [1.29, 1.82) is 0 Å². The fourth-order valence-electron chi connectivity index (χ4n) is 1.72. The summed E-state index contributed by atoms with van der Waals surface area (Å²) in [6, 6.07) is 13.2. The van der Waals surface area contributed by atoms with Gasteiger partial charge in [-0.25, -0.2) is 4.79 Å². The van der Waals surface area contributed by atoms with E-state index in [9.17, 15) is 4.79 Å². The van der Waals surface area contributed by atoms with Gasteiger partial charge < -0.3 is 10.5 Å². The Morgan fingerprint density at radius 1 is 1.30 bits per heavy atom. The van der Waals surface area contributed by atoms with Crippen LogP contribution in [0.4, 0.5) is 5.69 Å². The summed E-state index contributed by atoms with van der Waals surface area (Å²) < 4.78 is 5.68. The van der Waals surface area contributed by atoms with Crippen LogP contribution in [0.5, 0.6) is 0 Å². The molecule has 0 bridgehead atoms. The van der Waals surface area contributed by atoms with Crippen molar-refractivity contribution in [3.05, 3.63) is 58.1 Å². The molecule has 0 atom stereocenters. The van der Waals surface area contributed by atoms with E-state index in [1.54, 1.807) is 17.8 Å². The molecule has 0 aliphatic rings. The maximum Gasteiger partial charge on any atom is 0.337 e. The zero-order valence-electron chi connectivity index (χ0n) is 10.9. The molecule has 20 heavy (non-hydrogen) atoms. The van der Waals surface area contributed by atoms with Crippen LogP contribution >= 0.6 is 27.7 Å². The predicted octanol–water partition coefficient (Wildman–Crippen LogP) is 4.11. The lowest BCUT2D eigenvalue weighted by Gasteiger charge is -2.07. The van der Waals surface area contributed by atoms with Gasteiger partial charge in [0.2, 0.25) is 0 Å². The number of thioether (sulfide) groups is 1. The predicted molar refractivity (Wildman–Crippen MR) is 85.9 cm³/mol. The molecule has 0 amide bonds. The van der Waals surface area contributed by atoms with Crippen LogP contribution in [-0.2, 0) is 10.5 Å². The van der Waals surface area contributed by atoms with Gasteiger partial charge in [0.25, 0.3) is 0 Å². The Bertz CT molecular complexity index is 631. The molecule has 0 spiro atoms. The van der Waals surface area contributed by atoms with Crippen LogP contribution in [0.3, 0.4) is 0 Å². The van der Waals surface area contributed by atoms with Gasteiger partial charge in [0.05, 0.1) is 12.7 Å². The highest BCUT2D eigenvalue weighted by molar-refractivity contribution is 9.10. The number of hydrogen-bond donors (Lipinski definition) is 1. The summed E-state index contributed by atoms with van der Waals surface area (Å²) >= 11 is 5.02. The van der Waals surface area contributed by atoms with E-state index in [-0.39, 0.29) is 5.97 Å². The Kier molecular flexibility index (Phi) is 5.09. The number of rotatable bonds is 4. The summed E-state index contributed by atoms with van der Waals surface area (Å²) in [7, 11) is 1.38. The number of nitrogen functional groups attached to an aromatic ring is 1. The summed E-state index contributed by atoms with van der Waals surface area (Å²) in [4.78, 5) is 12.5. The third-order valence-electron chi connectivity index (χ3n) is 2.71. The summed E-state index contributed by atoms with van der Waals surface area (Å²) in [5.74, 6) is 0.427. The van der Waals surface area contributed by atoms with Crippen LogP contribution < -0.4 is 5.73 Å². The maximum atomic E-state index is 11.5. The van der Waals surface area contributed by atoms with Gasteiger partial charge in [-0.1, -0.05) is 28.1 Å². The van der Waals surface area contributed by atoms with Gasteiger partial charge in [0.15, 0.2) is 0 Å². The second kappa shape index (κ2) is 6.81. The number of esters is 1. The molecule has 0 aromatic heterocycles. The Hall–Kier alpha value is -1.46. The van der Waals surface area contributed by atoms with Crippen molar-refractivity contribution in [1.82, 2.24) is 0 Å². The Morgan fingerprint density at radius 3 is 2.80 bits per heavy atom. The molecule has 2 aromatic carbocycles. The van der Waals surface area contributed by atoms with Gasteiger partial charge in [0.1, 0.15) is 0 Å². The third-order valence-corrected chi connectivity index (χ3v) is 4.37. The smallest absolute Gasteiger partial charge is 0.337 e. The number of hydrogen-bond acceptors (Lipinski definition) is 4. The third kappa shape index (κ3) is 3.77. The zero-order valence-corrected chi connectivity index (χ0v) is 13.3. The van der Waals surface area contributed by atoms with E-state index in [4.69, 9.17) is 10.5 Å². The Labute approximate surface area is 130 Å². The molecule has 0 saturated carbocycles. The topological polar surface area (TPSA) is 52.3 Å². The number of nitrogens with two attached hydrogens (primary N) is 1. The molecule has 104 valence electrons. The molecule has 0 aliphatic heterocycles. The molecule has 0 unspecified atom stereocenters. The summed E-state index contributed by atoms with van der Waals surface area (Å²) in [5.41, 5.74) is 8.32. The quantitative estimate of drug-likeness (QED) is 0.511. The molecule has 0 heterocycles. The van der Waals surface area contributed by atoms with Crippen LogP contribution in [0.2, 0.25) is 0 Å². The van der Waals surface area contributed by atoms with Gasteiger partial charge in [-0.15, -0.1) is 11.8 Å².